The molecule has 0 aromatic heterocycles. The molecule has 2 rings (SSSR count). The highest BCUT2D eigenvalue weighted by molar-refractivity contribution is 6.37. The van der Waals surface area contributed by atoms with E-state index in [9.17, 15) is 9.59 Å². The summed E-state index contributed by atoms with van der Waals surface area (Å²) in [5, 5.41) is 3.23. The van der Waals surface area contributed by atoms with Gasteiger partial charge in [0, 0.05) is 18.7 Å². The second kappa shape index (κ2) is 5.89. The molecule has 0 radical (unpaired) electrons. The average Bonchev–Trinajstić information content (AvgIpc) is 2.41. The van der Waals surface area contributed by atoms with E-state index < -0.39 is 6.04 Å². The first-order chi connectivity index (χ1) is 9.45. The molecule has 20 heavy (non-hydrogen) atoms. The van der Waals surface area contributed by atoms with Crippen LogP contribution in [0.3, 0.4) is 0 Å². The van der Waals surface area contributed by atoms with Crippen LogP contribution < -0.4 is 10.1 Å². The van der Waals surface area contributed by atoms with Gasteiger partial charge < -0.3 is 15.0 Å². The number of piperazine rings is 1. The van der Waals surface area contributed by atoms with Crippen LogP contribution >= 0.6 is 23.2 Å². The molecule has 1 aliphatic rings. The molecule has 1 aromatic carbocycles. The van der Waals surface area contributed by atoms with Gasteiger partial charge in [-0.1, -0.05) is 23.2 Å². The molecule has 5 nitrogen and oxygen atoms in total. The number of nitrogens with zero attached hydrogens (tertiary/aromatic N) is 1. The number of halogens is 2. The van der Waals surface area contributed by atoms with Gasteiger partial charge in [-0.15, -0.1) is 0 Å². The van der Waals surface area contributed by atoms with E-state index in [4.69, 9.17) is 27.9 Å². The van der Waals surface area contributed by atoms with Crippen LogP contribution in [0.5, 0.6) is 5.75 Å². The zero-order valence-corrected chi connectivity index (χ0v) is 12.6. The average molecular weight is 317 g/mol. The quantitative estimate of drug-likeness (QED) is 0.907. The molecule has 0 bridgehead atoms. The van der Waals surface area contributed by atoms with E-state index in [2.05, 4.69) is 5.32 Å². The number of hydrogen-bond donors (Lipinski definition) is 1. The van der Waals surface area contributed by atoms with Gasteiger partial charge in [-0.25, -0.2) is 0 Å². The summed E-state index contributed by atoms with van der Waals surface area (Å²) in [6.07, 6.45) is 0. The van der Waals surface area contributed by atoms with Crippen molar-refractivity contribution in [2.45, 2.75) is 13.0 Å². The summed E-state index contributed by atoms with van der Waals surface area (Å²) in [7, 11) is 1.45. The minimum Gasteiger partial charge on any atom is -0.494 e. The predicted octanol–water partition coefficient (Wildman–Crippen LogP) is 1.96. The number of hydrogen-bond acceptors (Lipinski definition) is 3. The van der Waals surface area contributed by atoms with E-state index in [0.717, 1.165) is 0 Å². The van der Waals surface area contributed by atoms with Gasteiger partial charge in [-0.05, 0) is 19.1 Å². The van der Waals surface area contributed by atoms with Gasteiger partial charge in [0.25, 0.3) is 5.91 Å². The van der Waals surface area contributed by atoms with Gasteiger partial charge in [0.1, 0.15) is 6.04 Å². The second-order valence-corrected chi connectivity index (χ2v) is 5.25. The summed E-state index contributed by atoms with van der Waals surface area (Å²) in [6, 6.07) is 2.47. The number of ether oxygens (including phenoxy) is 1. The van der Waals surface area contributed by atoms with Crippen LogP contribution in [0.15, 0.2) is 12.1 Å². The minimum atomic E-state index is -0.518. The minimum absolute atomic E-state index is 0.171. The van der Waals surface area contributed by atoms with Crippen LogP contribution in [0, 0.1) is 0 Å². The number of benzene rings is 1. The van der Waals surface area contributed by atoms with Gasteiger partial charge in [0.2, 0.25) is 5.91 Å². The lowest BCUT2D eigenvalue weighted by Crippen LogP contribution is -2.55. The van der Waals surface area contributed by atoms with Crippen LogP contribution in [0.4, 0.5) is 0 Å². The summed E-state index contributed by atoms with van der Waals surface area (Å²) in [6.45, 7) is 2.57. The maximum Gasteiger partial charge on any atom is 0.254 e. The third kappa shape index (κ3) is 2.69. The molecule has 0 saturated carbocycles. The van der Waals surface area contributed by atoms with E-state index >= 15 is 0 Å². The van der Waals surface area contributed by atoms with Crippen molar-refractivity contribution < 1.29 is 14.3 Å². The molecule has 1 saturated heterocycles. The normalized spacial score (nSPS) is 18.7. The zero-order chi connectivity index (χ0) is 14.9. The van der Waals surface area contributed by atoms with E-state index in [-0.39, 0.29) is 21.9 Å². The topological polar surface area (TPSA) is 58.6 Å². The van der Waals surface area contributed by atoms with Gasteiger partial charge in [-0.3, -0.25) is 9.59 Å². The fourth-order valence-corrected chi connectivity index (χ4v) is 2.75. The maximum atomic E-state index is 12.4. The Labute approximate surface area is 126 Å². The molecular weight excluding hydrogens is 303 g/mol. The van der Waals surface area contributed by atoms with Crippen molar-refractivity contribution in [2.24, 2.45) is 0 Å². The summed E-state index contributed by atoms with van der Waals surface area (Å²) < 4.78 is 5.04. The summed E-state index contributed by atoms with van der Waals surface area (Å²) in [5.74, 6) is -0.122. The van der Waals surface area contributed by atoms with Gasteiger partial charge >= 0.3 is 0 Å². The molecule has 1 unspecified atom stereocenters. The fraction of sp³-hybridized carbons (Fsp3) is 0.385. The van der Waals surface area contributed by atoms with Crippen molar-refractivity contribution in [1.82, 2.24) is 10.2 Å². The second-order valence-electron chi connectivity index (χ2n) is 4.44. The van der Waals surface area contributed by atoms with Crippen molar-refractivity contribution in [3.63, 3.8) is 0 Å². The number of methoxy groups -OCH3 is 1. The Morgan fingerprint density at radius 1 is 1.40 bits per heavy atom. The molecule has 1 fully saturated rings. The Bertz CT molecular complexity index is 540. The first-order valence-corrected chi connectivity index (χ1v) is 6.83. The summed E-state index contributed by atoms with van der Waals surface area (Å²) >= 11 is 12.0. The third-order valence-electron chi connectivity index (χ3n) is 3.21. The Kier molecular flexibility index (Phi) is 4.40. The lowest BCUT2D eigenvalue weighted by molar-refractivity contribution is -0.127. The highest BCUT2D eigenvalue weighted by Gasteiger charge is 2.30. The Balaban J connectivity index is 2.32. The Morgan fingerprint density at radius 3 is 2.55 bits per heavy atom. The van der Waals surface area contributed by atoms with Crippen LogP contribution in [-0.2, 0) is 4.79 Å². The first kappa shape index (κ1) is 14.9. The Hall–Kier alpha value is -1.46. The SMILES string of the molecule is COc1c(Cl)cc(C(=O)N2CCNC(=O)C2C)cc1Cl. The zero-order valence-electron chi connectivity index (χ0n) is 11.1. The van der Waals surface area contributed by atoms with Crippen LogP contribution in [0.25, 0.3) is 0 Å². The number of nitrogens with one attached hydrogen (secondary N) is 1. The monoisotopic (exact) mass is 316 g/mol. The highest BCUT2D eigenvalue weighted by atomic mass is 35.5. The molecule has 1 heterocycles. The van der Waals surface area contributed by atoms with Gasteiger partial charge in [0.05, 0.1) is 17.2 Å². The van der Waals surface area contributed by atoms with E-state index in [1.165, 1.54) is 24.1 Å². The largest absolute Gasteiger partial charge is 0.494 e. The molecule has 108 valence electrons. The number of carbonyl (C=O) groups excluding carboxylic acids is 2. The van der Waals surface area contributed by atoms with Crippen molar-refractivity contribution in [3.8, 4) is 5.75 Å². The molecule has 1 atom stereocenters. The number of rotatable bonds is 2. The molecule has 2 amide bonds. The number of amides is 2. The summed E-state index contributed by atoms with van der Waals surface area (Å²) in [4.78, 5) is 25.5. The van der Waals surface area contributed by atoms with Crippen LogP contribution in [0.1, 0.15) is 17.3 Å². The smallest absolute Gasteiger partial charge is 0.254 e. The van der Waals surface area contributed by atoms with Crippen molar-refractivity contribution in [1.29, 1.82) is 0 Å². The first-order valence-electron chi connectivity index (χ1n) is 6.07. The highest BCUT2D eigenvalue weighted by Crippen LogP contribution is 2.34. The predicted molar refractivity (Wildman–Crippen MR) is 76.5 cm³/mol. The maximum absolute atomic E-state index is 12.4. The Morgan fingerprint density at radius 2 is 2.00 bits per heavy atom. The number of carbonyl (C=O) groups is 2. The molecule has 0 aliphatic carbocycles. The van der Waals surface area contributed by atoms with Gasteiger partial charge in [0.15, 0.2) is 5.75 Å². The van der Waals surface area contributed by atoms with Crippen molar-refractivity contribution >= 4 is 35.0 Å². The lowest BCUT2D eigenvalue weighted by atomic mass is 10.1. The molecule has 0 spiro atoms. The standard InChI is InChI=1S/C13H14Cl2N2O3/c1-7-12(18)16-3-4-17(7)13(19)8-5-9(14)11(20-2)10(15)6-8/h5-7H,3-4H2,1-2H3,(H,16,18). The lowest BCUT2D eigenvalue weighted by Gasteiger charge is -2.33. The van der Waals surface area contributed by atoms with Crippen LogP contribution in [0.2, 0.25) is 10.0 Å². The fourth-order valence-electron chi connectivity index (χ4n) is 2.10. The molecule has 1 aromatic rings. The summed E-state index contributed by atoms with van der Waals surface area (Å²) in [5.41, 5.74) is 0.336. The third-order valence-corrected chi connectivity index (χ3v) is 3.77. The van der Waals surface area contributed by atoms with Crippen LogP contribution in [-0.4, -0.2) is 43.0 Å². The molecule has 7 heteroatoms. The van der Waals surface area contributed by atoms with Crippen molar-refractivity contribution in [3.05, 3.63) is 27.7 Å². The van der Waals surface area contributed by atoms with E-state index in [1.807, 2.05) is 0 Å². The molecule has 1 aliphatic heterocycles. The van der Waals surface area contributed by atoms with E-state index in [1.54, 1.807) is 6.92 Å². The molecular formula is C13H14Cl2N2O3. The molecule has 1 N–H and O–H groups in total. The van der Waals surface area contributed by atoms with E-state index in [0.29, 0.717) is 24.4 Å². The van der Waals surface area contributed by atoms with Gasteiger partial charge in [-0.2, -0.15) is 0 Å². The van der Waals surface area contributed by atoms with Crippen molar-refractivity contribution in [2.75, 3.05) is 20.2 Å².